The lowest BCUT2D eigenvalue weighted by atomic mass is 10.0. The molecule has 0 spiro atoms. The van der Waals surface area contributed by atoms with Gasteiger partial charge >= 0.3 is 0 Å². The van der Waals surface area contributed by atoms with E-state index in [0.29, 0.717) is 31.1 Å². The smallest absolute Gasteiger partial charge is 0.251 e. The summed E-state index contributed by atoms with van der Waals surface area (Å²) in [5.74, 6) is 0.174. The maximum Gasteiger partial charge on any atom is 0.251 e. The number of nitrogens with zero attached hydrogens (tertiary/aromatic N) is 1. The van der Waals surface area contributed by atoms with Crippen LogP contribution < -0.4 is 11.1 Å². The highest BCUT2D eigenvalue weighted by Crippen LogP contribution is 2.21. The van der Waals surface area contributed by atoms with E-state index in [9.17, 15) is 13.2 Å². The van der Waals surface area contributed by atoms with E-state index >= 15 is 0 Å². The van der Waals surface area contributed by atoms with E-state index in [0.717, 1.165) is 6.42 Å². The quantitative estimate of drug-likeness (QED) is 0.727. The Balaban J connectivity index is 2.10. The van der Waals surface area contributed by atoms with Gasteiger partial charge in [0.2, 0.25) is 10.0 Å². The van der Waals surface area contributed by atoms with Crippen LogP contribution in [0.25, 0.3) is 0 Å². The molecule has 1 amide bonds. The summed E-state index contributed by atoms with van der Waals surface area (Å²) < 4.78 is 32.8. The zero-order chi connectivity index (χ0) is 20.2. The Morgan fingerprint density at radius 2 is 1.78 bits per heavy atom. The van der Waals surface area contributed by atoms with Crippen LogP contribution in [0.3, 0.4) is 0 Å². The lowest BCUT2D eigenvalue weighted by Crippen LogP contribution is -2.48. The van der Waals surface area contributed by atoms with Crippen LogP contribution in [0.15, 0.2) is 29.2 Å². The number of nitrogens with two attached hydrogens (primary N) is 1. The van der Waals surface area contributed by atoms with Crippen LogP contribution in [0.2, 0.25) is 0 Å². The molecule has 1 aromatic carbocycles. The van der Waals surface area contributed by atoms with Gasteiger partial charge < -0.3 is 15.8 Å². The Labute approximate surface area is 162 Å². The van der Waals surface area contributed by atoms with Crippen LogP contribution in [0.5, 0.6) is 0 Å². The topological polar surface area (TPSA) is 102 Å². The zero-order valence-corrected chi connectivity index (χ0v) is 17.3. The Kier molecular flexibility index (Phi) is 7.39. The minimum Gasteiger partial charge on any atom is -0.373 e. The summed E-state index contributed by atoms with van der Waals surface area (Å²) in [6, 6.07) is 5.94. The molecular formula is C19H31N3O4S. The summed E-state index contributed by atoms with van der Waals surface area (Å²) in [6.07, 6.45) is 0.493. The van der Waals surface area contributed by atoms with Gasteiger partial charge in [0.15, 0.2) is 0 Å². The third-order valence-corrected chi connectivity index (χ3v) is 6.36. The van der Waals surface area contributed by atoms with E-state index in [4.69, 9.17) is 10.5 Å². The van der Waals surface area contributed by atoms with Crippen molar-refractivity contribution in [3.05, 3.63) is 29.8 Å². The average molecular weight is 398 g/mol. The SMILES string of the molecule is CC(C)CC(CN)NC(=O)c1ccc(S(=O)(=O)N2CC(C)OC(C)C2)cc1. The van der Waals surface area contributed by atoms with E-state index in [1.54, 1.807) is 12.1 Å². The maximum absolute atomic E-state index is 12.9. The van der Waals surface area contributed by atoms with Gasteiger partial charge in [-0.3, -0.25) is 4.79 Å². The molecule has 1 aromatic rings. The predicted molar refractivity (Wildman–Crippen MR) is 105 cm³/mol. The molecule has 0 radical (unpaired) electrons. The van der Waals surface area contributed by atoms with Gasteiger partial charge in [0.05, 0.1) is 17.1 Å². The minimum atomic E-state index is -3.61. The van der Waals surface area contributed by atoms with Gasteiger partial charge in [0, 0.05) is 31.2 Å². The molecule has 3 unspecified atom stereocenters. The molecule has 3 atom stereocenters. The average Bonchev–Trinajstić information content (AvgIpc) is 2.60. The van der Waals surface area contributed by atoms with Crippen molar-refractivity contribution in [2.75, 3.05) is 19.6 Å². The van der Waals surface area contributed by atoms with Gasteiger partial charge in [-0.1, -0.05) is 13.8 Å². The number of amides is 1. The number of carbonyl (C=O) groups excluding carboxylic acids is 1. The van der Waals surface area contributed by atoms with E-state index in [-0.39, 0.29) is 29.1 Å². The largest absolute Gasteiger partial charge is 0.373 e. The van der Waals surface area contributed by atoms with Gasteiger partial charge in [-0.05, 0) is 50.5 Å². The van der Waals surface area contributed by atoms with Crippen molar-refractivity contribution in [3.63, 3.8) is 0 Å². The number of sulfonamides is 1. The van der Waals surface area contributed by atoms with Crippen molar-refractivity contribution in [3.8, 4) is 0 Å². The molecule has 0 bridgehead atoms. The third kappa shape index (κ3) is 5.75. The fraction of sp³-hybridized carbons (Fsp3) is 0.632. The molecule has 1 fully saturated rings. The first-order valence-electron chi connectivity index (χ1n) is 9.40. The predicted octanol–water partition coefficient (Wildman–Crippen LogP) is 1.59. The molecule has 1 aliphatic heterocycles. The first-order valence-corrected chi connectivity index (χ1v) is 10.8. The van der Waals surface area contributed by atoms with Crippen molar-refractivity contribution in [1.29, 1.82) is 0 Å². The van der Waals surface area contributed by atoms with Gasteiger partial charge in [-0.15, -0.1) is 0 Å². The summed E-state index contributed by atoms with van der Waals surface area (Å²) in [4.78, 5) is 12.6. The van der Waals surface area contributed by atoms with Crippen molar-refractivity contribution >= 4 is 15.9 Å². The molecule has 27 heavy (non-hydrogen) atoms. The third-order valence-electron chi connectivity index (χ3n) is 4.52. The number of hydrogen-bond donors (Lipinski definition) is 2. The molecule has 3 N–H and O–H groups in total. The number of carbonyl (C=O) groups is 1. The van der Waals surface area contributed by atoms with Crippen LogP contribution in [-0.2, 0) is 14.8 Å². The summed E-state index contributed by atoms with van der Waals surface area (Å²) >= 11 is 0. The van der Waals surface area contributed by atoms with E-state index < -0.39 is 10.0 Å². The molecule has 1 heterocycles. The highest BCUT2D eigenvalue weighted by Gasteiger charge is 2.32. The molecule has 1 saturated heterocycles. The van der Waals surface area contributed by atoms with Crippen LogP contribution in [-0.4, -0.2) is 56.5 Å². The summed E-state index contributed by atoms with van der Waals surface area (Å²) in [6.45, 7) is 8.87. The van der Waals surface area contributed by atoms with Crippen LogP contribution in [0.4, 0.5) is 0 Å². The fourth-order valence-corrected chi connectivity index (χ4v) is 4.90. The number of ether oxygens (including phenoxy) is 1. The number of morpholine rings is 1. The Morgan fingerprint density at radius 3 is 2.26 bits per heavy atom. The second kappa shape index (κ2) is 9.14. The van der Waals surface area contributed by atoms with Crippen LogP contribution >= 0.6 is 0 Å². The van der Waals surface area contributed by atoms with Crippen molar-refractivity contribution in [2.24, 2.45) is 11.7 Å². The summed E-state index contributed by atoms with van der Waals surface area (Å²) in [5.41, 5.74) is 6.14. The molecule has 0 saturated carbocycles. The zero-order valence-electron chi connectivity index (χ0n) is 16.5. The fourth-order valence-electron chi connectivity index (χ4n) is 3.31. The van der Waals surface area contributed by atoms with Crippen molar-refractivity contribution in [2.45, 2.75) is 57.3 Å². The number of benzene rings is 1. The number of nitrogens with one attached hydrogen (secondary N) is 1. The minimum absolute atomic E-state index is 0.0998. The van der Waals surface area contributed by atoms with Gasteiger partial charge in [-0.25, -0.2) is 8.42 Å². The van der Waals surface area contributed by atoms with Crippen molar-refractivity contribution in [1.82, 2.24) is 9.62 Å². The highest BCUT2D eigenvalue weighted by atomic mass is 32.2. The maximum atomic E-state index is 12.9. The number of hydrogen-bond acceptors (Lipinski definition) is 5. The lowest BCUT2D eigenvalue weighted by Gasteiger charge is -2.34. The number of rotatable bonds is 7. The highest BCUT2D eigenvalue weighted by molar-refractivity contribution is 7.89. The molecule has 1 aliphatic rings. The molecule has 2 rings (SSSR count). The summed E-state index contributed by atoms with van der Waals surface area (Å²) in [7, 11) is -3.61. The van der Waals surface area contributed by atoms with Gasteiger partial charge in [-0.2, -0.15) is 4.31 Å². The van der Waals surface area contributed by atoms with Crippen LogP contribution in [0, 0.1) is 5.92 Å². The lowest BCUT2D eigenvalue weighted by molar-refractivity contribution is -0.0440. The molecular weight excluding hydrogens is 366 g/mol. The molecule has 0 aromatic heterocycles. The Hall–Kier alpha value is -1.48. The summed E-state index contributed by atoms with van der Waals surface area (Å²) in [5, 5.41) is 2.91. The molecule has 7 nitrogen and oxygen atoms in total. The second-order valence-corrected chi connectivity index (χ2v) is 9.58. The monoisotopic (exact) mass is 397 g/mol. The molecule has 8 heteroatoms. The standard InChI is InChI=1S/C19H31N3O4S/c1-13(2)9-17(10-20)21-19(23)16-5-7-18(8-6-16)27(24,25)22-11-14(3)26-15(4)12-22/h5-8,13-15,17H,9-12,20H2,1-4H3,(H,21,23). The molecule has 0 aliphatic carbocycles. The van der Waals surface area contributed by atoms with E-state index in [1.807, 2.05) is 13.8 Å². The molecule has 152 valence electrons. The van der Waals surface area contributed by atoms with E-state index in [2.05, 4.69) is 19.2 Å². The first-order chi connectivity index (χ1) is 12.6. The Bertz CT molecular complexity index is 724. The van der Waals surface area contributed by atoms with E-state index in [1.165, 1.54) is 16.4 Å². The van der Waals surface area contributed by atoms with Gasteiger partial charge in [0.25, 0.3) is 5.91 Å². The Morgan fingerprint density at radius 1 is 1.22 bits per heavy atom. The van der Waals surface area contributed by atoms with Crippen molar-refractivity contribution < 1.29 is 17.9 Å². The second-order valence-electron chi connectivity index (χ2n) is 7.64. The van der Waals surface area contributed by atoms with Gasteiger partial charge in [0.1, 0.15) is 0 Å². The first kappa shape index (κ1) is 21.8. The van der Waals surface area contributed by atoms with Crippen LogP contribution in [0.1, 0.15) is 44.5 Å². The normalized spacial score (nSPS) is 22.6.